The van der Waals surface area contributed by atoms with Crippen molar-refractivity contribution in [2.24, 2.45) is 0 Å². The predicted molar refractivity (Wildman–Crippen MR) is 84.0 cm³/mol. The van der Waals surface area contributed by atoms with E-state index in [0.717, 1.165) is 18.8 Å². The minimum Gasteiger partial charge on any atom is -0.450 e. The Hall–Kier alpha value is -2.31. The molecule has 1 saturated heterocycles. The molecule has 0 unspecified atom stereocenters. The molecule has 0 spiro atoms. The zero-order valence-electron chi connectivity index (χ0n) is 13.0. The molecule has 1 aliphatic heterocycles. The van der Waals surface area contributed by atoms with Gasteiger partial charge in [0.15, 0.2) is 0 Å². The van der Waals surface area contributed by atoms with E-state index in [4.69, 9.17) is 4.74 Å². The molecule has 7 nitrogen and oxygen atoms in total. The van der Waals surface area contributed by atoms with Crippen LogP contribution in [0.25, 0.3) is 0 Å². The molecule has 0 atom stereocenters. The molecule has 120 valence electrons. The number of amides is 2. The second-order valence-electron chi connectivity index (χ2n) is 4.98. The fourth-order valence-electron chi connectivity index (χ4n) is 2.24. The highest BCUT2D eigenvalue weighted by Crippen LogP contribution is 2.17. The van der Waals surface area contributed by atoms with Gasteiger partial charge in [-0.25, -0.2) is 9.78 Å². The zero-order valence-corrected chi connectivity index (χ0v) is 13.0. The summed E-state index contributed by atoms with van der Waals surface area (Å²) in [7, 11) is 0. The van der Waals surface area contributed by atoms with Crippen LogP contribution in [-0.4, -0.2) is 54.7 Å². The SMILES string of the molecule is CCOC(=O)N1CCN(c2ccc(NC(=O)CC)nc2)CC1. The minimum atomic E-state index is -0.252. The van der Waals surface area contributed by atoms with Crippen LogP contribution in [0.2, 0.25) is 0 Å². The second-order valence-corrected chi connectivity index (χ2v) is 4.98. The highest BCUT2D eigenvalue weighted by atomic mass is 16.6. The van der Waals surface area contributed by atoms with Crippen molar-refractivity contribution >= 4 is 23.5 Å². The number of carbonyl (C=O) groups is 2. The molecule has 2 heterocycles. The largest absolute Gasteiger partial charge is 0.450 e. The molecule has 2 amide bonds. The van der Waals surface area contributed by atoms with Gasteiger partial charge in [-0.2, -0.15) is 0 Å². The molecular weight excluding hydrogens is 284 g/mol. The van der Waals surface area contributed by atoms with Gasteiger partial charge in [0.1, 0.15) is 5.82 Å². The predicted octanol–water partition coefficient (Wildman–Crippen LogP) is 1.71. The van der Waals surface area contributed by atoms with Gasteiger partial charge in [0.05, 0.1) is 18.5 Å². The van der Waals surface area contributed by atoms with E-state index in [9.17, 15) is 9.59 Å². The maximum absolute atomic E-state index is 11.6. The summed E-state index contributed by atoms with van der Waals surface area (Å²) in [6.07, 6.45) is 1.92. The fraction of sp³-hybridized carbons (Fsp3) is 0.533. The van der Waals surface area contributed by atoms with Gasteiger partial charge in [-0.3, -0.25) is 4.79 Å². The van der Waals surface area contributed by atoms with Gasteiger partial charge in [0.25, 0.3) is 0 Å². The van der Waals surface area contributed by atoms with Crippen LogP contribution in [0.3, 0.4) is 0 Å². The number of ether oxygens (including phenoxy) is 1. The maximum atomic E-state index is 11.6. The molecule has 0 saturated carbocycles. The Morgan fingerprint density at radius 3 is 2.50 bits per heavy atom. The molecule has 1 aliphatic rings. The van der Waals surface area contributed by atoms with Crippen LogP contribution in [0.1, 0.15) is 20.3 Å². The second kappa shape index (κ2) is 7.63. The average molecular weight is 306 g/mol. The van der Waals surface area contributed by atoms with E-state index in [1.165, 1.54) is 0 Å². The number of rotatable bonds is 4. The summed E-state index contributed by atoms with van der Waals surface area (Å²) in [6, 6.07) is 3.72. The minimum absolute atomic E-state index is 0.0525. The molecule has 0 aliphatic carbocycles. The zero-order chi connectivity index (χ0) is 15.9. The highest BCUT2D eigenvalue weighted by Gasteiger charge is 2.22. The molecule has 0 bridgehead atoms. The monoisotopic (exact) mass is 306 g/mol. The molecule has 7 heteroatoms. The number of nitrogens with one attached hydrogen (secondary N) is 1. The third-order valence-corrected chi connectivity index (χ3v) is 3.51. The van der Waals surface area contributed by atoms with Gasteiger partial charge in [-0.05, 0) is 19.1 Å². The number of hydrogen-bond donors (Lipinski definition) is 1. The van der Waals surface area contributed by atoms with E-state index in [1.807, 2.05) is 6.07 Å². The van der Waals surface area contributed by atoms with Crippen molar-refractivity contribution in [1.82, 2.24) is 9.88 Å². The number of carbonyl (C=O) groups excluding carboxylic acids is 2. The Labute approximate surface area is 130 Å². The first-order valence-electron chi connectivity index (χ1n) is 7.56. The third-order valence-electron chi connectivity index (χ3n) is 3.51. The van der Waals surface area contributed by atoms with Crippen LogP contribution < -0.4 is 10.2 Å². The topological polar surface area (TPSA) is 74.8 Å². The van der Waals surface area contributed by atoms with Crippen LogP contribution in [0.5, 0.6) is 0 Å². The van der Waals surface area contributed by atoms with E-state index in [1.54, 1.807) is 31.0 Å². The molecule has 0 radical (unpaired) electrons. The van der Waals surface area contributed by atoms with Crippen molar-refractivity contribution in [2.45, 2.75) is 20.3 Å². The first kappa shape index (κ1) is 16.1. The Kier molecular flexibility index (Phi) is 5.57. The van der Waals surface area contributed by atoms with Gasteiger partial charge in [0.2, 0.25) is 5.91 Å². The van der Waals surface area contributed by atoms with Gasteiger partial charge < -0.3 is 19.9 Å². The maximum Gasteiger partial charge on any atom is 0.409 e. The standard InChI is InChI=1S/C15H22N4O3/c1-3-14(20)17-13-6-5-12(11-16-13)18-7-9-19(10-8-18)15(21)22-4-2/h5-6,11H,3-4,7-10H2,1-2H3,(H,16,17,20). The van der Waals surface area contributed by atoms with Gasteiger partial charge in [0, 0.05) is 32.6 Å². The first-order valence-corrected chi connectivity index (χ1v) is 7.56. The van der Waals surface area contributed by atoms with E-state index < -0.39 is 0 Å². The molecule has 0 aromatic carbocycles. The summed E-state index contributed by atoms with van der Waals surface area (Å²) in [5.74, 6) is 0.504. The summed E-state index contributed by atoms with van der Waals surface area (Å²) >= 11 is 0. The molecule has 22 heavy (non-hydrogen) atoms. The van der Waals surface area contributed by atoms with Crippen molar-refractivity contribution in [3.05, 3.63) is 18.3 Å². The lowest BCUT2D eigenvalue weighted by atomic mass is 10.3. The summed E-state index contributed by atoms with van der Waals surface area (Å²) in [6.45, 7) is 6.74. The smallest absolute Gasteiger partial charge is 0.409 e. The molecule has 2 rings (SSSR count). The molecular formula is C15H22N4O3. The lowest BCUT2D eigenvalue weighted by Gasteiger charge is -2.35. The fourth-order valence-corrected chi connectivity index (χ4v) is 2.24. The summed E-state index contributed by atoms with van der Waals surface area (Å²) in [4.78, 5) is 31.1. The number of piperazine rings is 1. The van der Waals surface area contributed by atoms with Gasteiger partial charge in [-0.1, -0.05) is 6.92 Å². The Balaban J connectivity index is 1.88. The van der Waals surface area contributed by atoms with E-state index >= 15 is 0 Å². The number of hydrogen-bond acceptors (Lipinski definition) is 5. The summed E-state index contributed by atoms with van der Waals surface area (Å²) in [5.41, 5.74) is 0.984. The first-order chi connectivity index (χ1) is 10.6. The lowest BCUT2D eigenvalue weighted by Crippen LogP contribution is -2.49. The number of aromatic nitrogens is 1. The van der Waals surface area contributed by atoms with E-state index in [2.05, 4.69) is 15.2 Å². The van der Waals surface area contributed by atoms with Crippen LogP contribution >= 0.6 is 0 Å². The van der Waals surface area contributed by atoms with Gasteiger partial charge >= 0.3 is 6.09 Å². The highest BCUT2D eigenvalue weighted by molar-refractivity contribution is 5.89. The molecule has 1 aromatic rings. The van der Waals surface area contributed by atoms with Crippen LogP contribution in [0.4, 0.5) is 16.3 Å². The Morgan fingerprint density at radius 2 is 1.95 bits per heavy atom. The van der Waals surface area contributed by atoms with E-state index in [-0.39, 0.29) is 12.0 Å². The van der Waals surface area contributed by atoms with Crippen molar-refractivity contribution in [3.8, 4) is 0 Å². The third kappa shape index (κ3) is 4.09. The van der Waals surface area contributed by atoms with Crippen LogP contribution in [0, 0.1) is 0 Å². The number of nitrogens with zero attached hydrogens (tertiary/aromatic N) is 3. The Morgan fingerprint density at radius 1 is 1.23 bits per heavy atom. The average Bonchev–Trinajstić information content (AvgIpc) is 2.56. The van der Waals surface area contributed by atoms with Crippen molar-refractivity contribution in [2.75, 3.05) is 43.0 Å². The Bertz CT molecular complexity index is 510. The quantitative estimate of drug-likeness (QED) is 0.916. The van der Waals surface area contributed by atoms with Crippen LogP contribution in [0.15, 0.2) is 18.3 Å². The molecule has 1 fully saturated rings. The lowest BCUT2D eigenvalue weighted by molar-refractivity contribution is -0.115. The van der Waals surface area contributed by atoms with Crippen molar-refractivity contribution in [3.63, 3.8) is 0 Å². The molecule has 1 aromatic heterocycles. The van der Waals surface area contributed by atoms with Crippen LogP contribution in [-0.2, 0) is 9.53 Å². The summed E-state index contributed by atoms with van der Waals surface area (Å²) < 4.78 is 5.00. The van der Waals surface area contributed by atoms with E-state index in [0.29, 0.717) is 31.9 Å². The number of pyridine rings is 1. The summed E-state index contributed by atoms with van der Waals surface area (Å²) in [5, 5.41) is 2.72. The number of anilines is 2. The molecule has 1 N–H and O–H groups in total. The van der Waals surface area contributed by atoms with Crippen molar-refractivity contribution < 1.29 is 14.3 Å². The van der Waals surface area contributed by atoms with Gasteiger partial charge in [-0.15, -0.1) is 0 Å². The van der Waals surface area contributed by atoms with Crippen molar-refractivity contribution in [1.29, 1.82) is 0 Å². The normalized spacial score (nSPS) is 14.6.